The number of hydrogen-bond acceptors (Lipinski definition) is 4. The zero-order chi connectivity index (χ0) is 10.8. The monoisotopic (exact) mass is 206 g/mol. The Morgan fingerprint density at radius 1 is 1.47 bits per heavy atom. The van der Waals surface area contributed by atoms with Gasteiger partial charge in [0.1, 0.15) is 0 Å². The van der Waals surface area contributed by atoms with Crippen LogP contribution in [0.1, 0.15) is 10.4 Å². The van der Waals surface area contributed by atoms with Crippen LogP contribution < -0.4 is 5.56 Å². The van der Waals surface area contributed by atoms with E-state index in [0.717, 1.165) is 6.07 Å². The maximum atomic E-state index is 11.1. The fraction of sp³-hybridized carbons (Fsp3) is 0. The van der Waals surface area contributed by atoms with E-state index in [9.17, 15) is 9.59 Å². The number of rotatable bonds is 2. The Morgan fingerprint density at radius 3 is 2.87 bits per heavy atom. The first-order chi connectivity index (χ1) is 7.16. The maximum absolute atomic E-state index is 11.1. The van der Waals surface area contributed by atoms with Crippen LogP contribution in [-0.2, 0) is 0 Å². The Hall–Kier alpha value is -2.37. The Labute approximate surface area is 83.2 Å². The molecular weight excluding hydrogens is 200 g/mol. The lowest BCUT2D eigenvalue weighted by molar-refractivity contribution is 0.0696. The highest BCUT2D eigenvalue weighted by molar-refractivity contribution is 5.88. The number of nitrogens with zero attached hydrogens (tertiary/aromatic N) is 1. The van der Waals surface area contributed by atoms with Crippen LogP contribution in [0.5, 0.6) is 0 Å². The van der Waals surface area contributed by atoms with Gasteiger partial charge in [-0.2, -0.15) is 0 Å². The number of aromatic nitrogens is 2. The van der Waals surface area contributed by atoms with Gasteiger partial charge in [0.25, 0.3) is 0 Å². The molecular formula is C9H6N2O4. The summed E-state index contributed by atoms with van der Waals surface area (Å²) in [5, 5.41) is 8.73. The van der Waals surface area contributed by atoms with Gasteiger partial charge < -0.3 is 14.5 Å². The SMILES string of the molecule is O=C(O)c1cc(-c2cnco2)[nH]c(=O)c1. The van der Waals surface area contributed by atoms with Crippen molar-refractivity contribution < 1.29 is 14.3 Å². The molecule has 2 aromatic rings. The fourth-order valence-electron chi connectivity index (χ4n) is 1.15. The molecule has 0 amide bonds. The van der Waals surface area contributed by atoms with Gasteiger partial charge in [0.05, 0.1) is 17.5 Å². The number of H-pyrrole nitrogens is 1. The van der Waals surface area contributed by atoms with E-state index in [-0.39, 0.29) is 11.3 Å². The third-order valence-electron chi connectivity index (χ3n) is 1.79. The normalized spacial score (nSPS) is 10.1. The van der Waals surface area contributed by atoms with Gasteiger partial charge in [0.15, 0.2) is 12.2 Å². The molecule has 0 bridgehead atoms. The van der Waals surface area contributed by atoms with Gasteiger partial charge in [0.2, 0.25) is 5.56 Å². The van der Waals surface area contributed by atoms with E-state index < -0.39 is 11.5 Å². The topological polar surface area (TPSA) is 96.2 Å². The van der Waals surface area contributed by atoms with Crippen LogP contribution in [0.25, 0.3) is 11.5 Å². The molecule has 0 spiro atoms. The molecule has 0 aliphatic rings. The maximum Gasteiger partial charge on any atom is 0.335 e. The third-order valence-corrected chi connectivity index (χ3v) is 1.79. The average Bonchev–Trinajstić information content (AvgIpc) is 2.69. The van der Waals surface area contributed by atoms with Crippen molar-refractivity contribution in [3.8, 4) is 11.5 Å². The van der Waals surface area contributed by atoms with Crippen molar-refractivity contribution >= 4 is 5.97 Å². The van der Waals surface area contributed by atoms with Gasteiger partial charge in [0, 0.05) is 6.07 Å². The fourth-order valence-corrected chi connectivity index (χ4v) is 1.15. The summed E-state index contributed by atoms with van der Waals surface area (Å²) >= 11 is 0. The first-order valence-corrected chi connectivity index (χ1v) is 4.03. The highest BCUT2D eigenvalue weighted by atomic mass is 16.4. The van der Waals surface area contributed by atoms with Gasteiger partial charge in [-0.15, -0.1) is 0 Å². The predicted molar refractivity (Wildman–Crippen MR) is 49.5 cm³/mol. The molecule has 76 valence electrons. The van der Waals surface area contributed by atoms with Gasteiger partial charge >= 0.3 is 5.97 Å². The number of nitrogens with one attached hydrogen (secondary N) is 1. The summed E-state index contributed by atoms with van der Waals surface area (Å²) in [6.07, 6.45) is 2.58. The molecule has 0 fully saturated rings. The summed E-state index contributed by atoms with van der Waals surface area (Å²) < 4.78 is 4.94. The molecule has 2 N–H and O–H groups in total. The molecule has 0 saturated carbocycles. The minimum Gasteiger partial charge on any atom is -0.478 e. The Bertz CT molecular complexity index is 541. The van der Waals surface area contributed by atoms with Crippen LogP contribution in [-0.4, -0.2) is 21.0 Å². The lowest BCUT2D eigenvalue weighted by Crippen LogP contribution is -2.10. The van der Waals surface area contributed by atoms with Gasteiger partial charge in [-0.1, -0.05) is 0 Å². The summed E-state index contributed by atoms with van der Waals surface area (Å²) in [4.78, 5) is 27.9. The number of hydrogen-bond donors (Lipinski definition) is 2. The Balaban J connectivity index is 2.59. The average molecular weight is 206 g/mol. The number of oxazole rings is 1. The molecule has 0 aliphatic carbocycles. The van der Waals surface area contributed by atoms with Gasteiger partial charge in [-0.25, -0.2) is 9.78 Å². The largest absolute Gasteiger partial charge is 0.478 e. The van der Waals surface area contributed by atoms with Crippen molar-refractivity contribution in [1.29, 1.82) is 0 Å². The van der Waals surface area contributed by atoms with E-state index in [0.29, 0.717) is 5.76 Å². The Morgan fingerprint density at radius 2 is 2.27 bits per heavy atom. The van der Waals surface area contributed by atoms with E-state index in [2.05, 4.69) is 9.97 Å². The number of carboxylic acids is 1. The van der Waals surface area contributed by atoms with E-state index in [1.54, 1.807) is 0 Å². The Kier molecular flexibility index (Phi) is 2.09. The molecule has 0 aliphatic heterocycles. The van der Waals surface area contributed by atoms with E-state index in [1.807, 2.05) is 0 Å². The number of carbonyl (C=O) groups is 1. The zero-order valence-corrected chi connectivity index (χ0v) is 7.43. The lowest BCUT2D eigenvalue weighted by atomic mass is 10.2. The predicted octanol–water partition coefficient (Wildman–Crippen LogP) is 0.728. The number of aromatic amines is 1. The van der Waals surface area contributed by atoms with E-state index in [1.165, 1.54) is 18.7 Å². The molecule has 2 rings (SSSR count). The van der Waals surface area contributed by atoms with Crippen molar-refractivity contribution in [1.82, 2.24) is 9.97 Å². The zero-order valence-electron chi connectivity index (χ0n) is 7.43. The van der Waals surface area contributed by atoms with Crippen molar-refractivity contribution in [3.63, 3.8) is 0 Å². The van der Waals surface area contributed by atoms with Gasteiger partial charge in [-0.3, -0.25) is 4.79 Å². The molecule has 2 heterocycles. The highest BCUT2D eigenvalue weighted by Gasteiger charge is 2.09. The molecule has 0 unspecified atom stereocenters. The van der Waals surface area contributed by atoms with Crippen LogP contribution in [0.3, 0.4) is 0 Å². The highest BCUT2D eigenvalue weighted by Crippen LogP contribution is 2.15. The minimum atomic E-state index is -1.16. The molecule has 6 heteroatoms. The number of carboxylic acid groups (broad SMARTS) is 1. The summed E-state index contributed by atoms with van der Waals surface area (Å²) in [7, 11) is 0. The quantitative estimate of drug-likeness (QED) is 0.754. The molecule has 0 atom stereocenters. The van der Waals surface area contributed by atoms with Crippen molar-refractivity contribution in [2.45, 2.75) is 0 Å². The van der Waals surface area contributed by atoms with Crippen molar-refractivity contribution in [2.75, 3.05) is 0 Å². The standard InChI is InChI=1S/C9H6N2O4/c12-8-2-5(9(13)14)1-6(11-8)7-3-10-4-15-7/h1-4H,(H,11,12)(H,13,14). The second-order valence-corrected chi connectivity index (χ2v) is 2.82. The molecule has 0 saturated heterocycles. The molecule has 0 aromatic carbocycles. The second-order valence-electron chi connectivity index (χ2n) is 2.82. The summed E-state index contributed by atoms with van der Waals surface area (Å²) in [6, 6.07) is 2.31. The van der Waals surface area contributed by atoms with Crippen LogP contribution in [0.4, 0.5) is 0 Å². The summed E-state index contributed by atoms with van der Waals surface area (Å²) in [5.41, 5.74) is -0.302. The molecule has 6 nitrogen and oxygen atoms in total. The minimum absolute atomic E-state index is 0.0925. The second kappa shape index (κ2) is 3.41. The molecule has 15 heavy (non-hydrogen) atoms. The first-order valence-electron chi connectivity index (χ1n) is 4.03. The van der Waals surface area contributed by atoms with Crippen LogP contribution in [0.2, 0.25) is 0 Å². The van der Waals surface area contributed by atoms with E-state index in [4.69, 9.17) is 9.52 Å². The number of aromatic carboxylic acids is 1. The lowest BCUT2D eigenvalue weighted by Gasteiger charge is -1.97. The smallest absolute Gasteiger partial charge is 0.335 e. The van der Waals surface area contributed by atoms with E-state index >= 15 is 0 Å². The van der Waals surface area contributed by atoms with Crippen molar-refractivity contribution in [3.05, 3.63) is 40.6 Å². The molecule has 0 radical (unpaired) electrons. The van der Waals surface area contributed by atoms with Crippen LogP contribution in [0, 0.1) is 0 Å². The van der Waals surface area contributed by atoms with Crippen LogP contribution >= 0.6 is 0 Å². The third kappa shape index (κ3) is 1.78. The van der Waals surface area contributed by atoms with Crippen molar-refractivity contribution in [2.24, 2.45) is 0 Å². The summed E-state index contributed by atoms with van der Waals surface area (Å²) in [5.74, 6) is -0.850. The first kappa shape index (κ1) is 9.20. The molecule has 2 aromatic heterocycles. The van der Waals surface area contributed by atoms with Crippen LogP contribution in [0.15, 0.2) is 33.9 Å². The summed E-state index contributed by atoms with van der Waals surface area (Å²) in [6.45, 7) is 0. The van der Waals surface area contributed by atoms with Gasteiger partial charge in [-0.05, 0) is 6.07 Å². The number of pyridine rings is 1.